The van der Waals surface area contributed by atoms with Crippen LogP contribution < -0.4 is 26.6 Å². The zero-order chi connectivity index (χ0) is 99.4. The number of allylic oxidation sites excluding steroid dienone is 5. The van der Waals surface area contributed by atoms with E-state index in [4.69, 9.17) is 63.6 Å². The normalized spacial score (nSPS) is 27.5. The SMILES string of the molecule is CO[C@H]1C[C@@H]2CC[C@@H](C)[C@@](O)(O2)C(=O)C(=O)N2CCCC[C@H]2C(=O)O[C@H]([C@H](C)C[C@@H]2CC[C@@H](OC(=O)CCc3cnc(N4CCN(C(=O)CCOCCN5CCN(c6ncc(C(=O)NCCOC(=O)N7CCc8cc(Cn9nc(-c%10ccc%11oc(N)nc%11c%10)c%10c(N)ncnc%109)ccc8C7)cn6)CC5)CC4)nc3)[C@H](OC)C2)C[C@@H](OC)[C@H](C)/C=C(\C)[C@@H](O)[C@@H](OC)C(=O)[C@H](C)C[C@H](C)/C=C/C=C/C=C/1C. The van der Waals surface area contributed by atoms with Crippen LogP contribution in [-0.4, -0.2) is 309 Å². The van der Waals surface area contributed by atoms with Crippen molar-refractivity contribution in [3.8, 4) is 11.3 Å². The number of anilines is 4. The monoisotopic (exact) mass is 1940 g/mol. The van der Waals surface area contributed by atoms with Gasteiger partial charge < -0.3 is 98.5 Å². The standard InChI is InChI=1S/C102H138N18O20/c1-62-17-13-12-14-18-63(2)81(131-8)53-76-26-20-68(7)102(130,140-76)92(125)96(127)119-33-16-15-19-78(119)97(128)138-83(54-82(132-9)64(3)48-67(6)90(124)91(134-11)89(123)66(5)47-62)65(4)49-69-22-27-80(84(51-69)133-10)137-86(122)29-23-71-55-106-99(107-56-71)117-41-39-115(40-42-117)85(121)31-44-135-46-43-114-35-37-116(38-36-114)100-108-57-75(58-109-100)95(126)105-32-45-136-101(129)118-34-30-72-50-70(21-24-74(72)60-118)59-120-94-87(93(103)110-61-111-94)88(113-120)73-25-28-79-77(52-73)112-98(104)139-79/h12-14,17-18,21,24-25,28,48,50,52,55-58,61-62,64-66,68-69,76,78,80-84,90-91,124,130H,15-16,19-20,22-23,26-27,29-47,49,51,53-54,59-60H2,1-11H3,(H2,104,112)(H,105,126)(H2,103,110,111)/b14-12+,17-13+,63-18+,67-48+/t62-,64-,65-,66-,68-,69+,76+,78+,80-,81+,82-,83+,84-,90-,91+,102-/m1/s1. The summed E-state index contributed by atoms with van der Waals surface area (Å²) < 4.78 is 61.8. The summed E-state index contributed by atoms with van der Waals surface area (Å²) in [6, 6.07) is 10.6. The summed E-state index contributed by atoms with van der Waals surface area (Å²) in [4.78, 5) is 154. The van der Waals surface area contributed by atoms with Gasteiger partial charge in [-0.25, -0.2) is 44.2 Å². The molecule has 14 rings (SSSR count). The van der Waals surface area contributed by atoms with Crippen LogP contribution in [0.2, 0.25) is 0 Å². The molecule has 756 valence electrons. The quantitative estimate of drug-likeness (QED) is 0.0111. The third-order valence-electron chi connectivity index (χ3n) is 28.7. The van der Waals surface area contributed by atoms with Crippen molar-refractivity contribution in [1.29, 1.82) is 0 Å². The minimum atomic E-state index is -2.47. The maximum atomic E-state index is 15.0. The summed E-state index contributed by atoms with van der Waals surface area (Å²) in [5, 5.41) is 32.4. The molecule has 1 saturated carbocycles. The van der Waals surface area contributed by atoms with Crippen molar-refractivity contribution in [1.82, 2.24) is 69.6 Å². The molecule has 6 aliphatic heterocycles. The van der Waals surface area contributed by atoms with Crippen molar-refractivity contribution in [2.75, 3.05) is 148 Å². The molecule has 0 radical (unpaired) electrons. The maximum Gasteiger partial charge on any atom is 0.410 e. The molecule has 0 unspecified atom stereocenters. The van der Waals surface area contributed by atoms with E-state index in [9.17, 15) is 43.8 Å². The Morgan fingerprint density at radius 2 is 1.44 bits per heavy atom. The topological polar surface area (TPSA) is 465 Å². The Balaban J connectivity index is 0.480. The predicted octanol–water partition coefficient (Wildman–Crippen LogP) is 9.35. The Kier molecular flexibility index (Phi) is 36.3. The number of nitrogens with zero attached hydrogens (tertiary/aromatic N) is 15. The number of methoxy groups -OCH3 is 4. The highest BCUT2D eigenvalue weighted by atomic mass is 16.6. The van der Waals surface area contributed by atoms with Gasteiger partial charge in [-0.05, 0) is 160 Å². The number of ether oxygens (including phenoxy) is 9. The number of Topliss-reactive ketones (excluding diaryl/α,β-unsaturated/α-hetero) is 2. The van der Waals surface area contributed by atoms with Gasteiger partial charge in [0.25, 0.3) is 23.6 Å². The molecular weight excluding hydrogens is 1800 g/mol. The summed E-state index contributed by atoms with van der Waals surface area (Å²) >= 11 is 0. The van der Waals surface area contributed by atoms with Crippen LogP contribution >= 0.6 is 0 Å². The minimum absolute atomic E-state index is 0.00209. The number of benzene rings is 2. The average molecular weight is 1940 g/mol. The fraction of sp³-hybridized carbons (Fsp3) is 0.588. The van der Waals surface area contributed by atoms with Gasteiger partial charge in [0.05, 0.1) is 68.1 Å². The number of ketones is 2. The van der Waals surface area contributed by atoms with Crippen LogP contribution in [0.4, 0.5) is 28.5 Å². The van der Waals surface area contributed by atoms with E-state index in [1.54, 1.807) is 63.2 Å². The second kappa shape index (κ2) is 48.7. The molecule has 2 bridgehead atoms. The number of aromatic nitrogens is 9. The summed E-state index contributed by atoms with van der Waals surface area (Å²) in [5.74, 6) is -6.83. The lowest BCUT2D eigenvalue weighted by atomic mass is 9.78. The number of nitrogens with two attached hydrogens (primary N) is 2. The van der Waals surface area contributed by atoms with Crippen molar-refractivity contribution in [3.63, 3.8) is 0 Å². The fourth-order valence-corrected chi connectivity index (χ4v) is 20.3. The summed E-state index contributed by atoms with van der Waals surface area (Å²) in [6.45, 7) is 20.9. The Hall–Kier alpha value is -11.6. The first-order chi connectivity index (χ1) is 67.5. The Bertz CT molecular complexity index is 5560. The molecule has 7 aliphatic rings. The third-order valence-corrected chi connectivity index (χ3v) is 28.7. The first-order valence-electron chi connectivity index (χ1n) is 49.3. The molecule has 4 amide bonds. The molecule has 7 aromatic rings. The van der Waals surface area contributed by atoms with E-state index in [1.165, 1.54) is 30.7 Å². The van der Waals surface area contributed by atoms with E-state index in [1.807, 2.05) is 105 Å². The highest BCUT2D eigenvalue weighted by molar-refractivity contribution is 6.39. The van der Waals surface area contributed by atoms with Gasteiger partial charge in [0, 0.05) is 174 Å². The third kappa shape index (κ3) is 26.2. The van der Waals surface area contributed by atoms with E-state index in [2.05, 4.69) is 56.1 Å². The number of fused-ring (bicyclic) bond motifs is 6. The van der Waals surface area contributed by atoms with Crippen LogP contribution in [0, 0.1) is 35.5 Å². The number of aliphatic hydroxyl groups is 2. The molecule has 4 saturated heterocycles. The van der Waals surface area contributed by atoms with Crippen LogP contribution in [0.15, 0.2) is 120 Å². The lowest BCUT2D eigenvalue weighted by Crippen LogP contribution is -2.61. The van der Waals surface area contributed by atoms with Gasteiger partial charge >= 0.3 is 18.0 Å². The van der Waals surface area contributed by atoms with Crippen molar-refractivity contribution in [3.05, 3.63) is 143 Å². The Labute approximate surface area is 817 Å². The highest BCUT2D eigenvalue weighted by Crippen LogP contribution is 2.41. The molecule has 5 aromatic heterocycles. The van der Waals surface area contributed by atoms with Crippen molar-refractivity contribution in [2.45, 2.75) is 225 Å². The highest BCUT2D eigenvalue weighted by Gasteiger charge is 2.54. The zero-order valence-electron chi connectivity index (χ0n) is 82.4. The number of piperidine rings is 1. The summed E-state index contributed by atoms with van der Waals surface area (Å²) in [6.07, 6.45) is 19.8. The number of aliphatic hydroxyl groups excluding tert-OH is 1. The van der Waals surface area contributed by atoms with Crippen molar-refractivity contribution >= 4 is 93.2 Å². The number of piperazine rings is 2. The van der Waals surface area contributed by atoms with Gasteiger partial charge in [-0.3, -0.25) is 33.7 Å². The molecule has 16 atom stereocenters. The number of oxazole rings is 1. The maximum absolute atomic E-state index is 15.0. The molecule has 1 aliphatic carbocycles. The molecule has 0 spiro atoms. The number of aryl methyl sites for hydroxylation is 1. The molecule has 38 nitrogen and oxygen atoms in total. The zero-order valence-corrected chi connectivity index (χ0v) is 82.4. The molecule has 7 N–H and O–H groups in total. The summed E-state index contributed by atoms with van der Waals surface area (Å²) in [7, 11) is 6.17. The number of hydrogen-bond acceptors (Lipinski definition) is 33. The van der Waals surface area contributed by atoms with Gasteiger partial charge in [-0.15, -0.1) is 0 Å². The lowest BCUT2D eigenvalue weighted by molar-refractivity contribution is -0.265. The number of amides is 4. The molecular formula is C102H138N18O20. The molecule has 140 heavy (non-hydrogen) atoms. The molecule has 38 heteroatoms. The van der Waals surface area contributed by atoms with Gasteiger partial charge in [-0.2, -0.15) is 10.1 Å². The smallest absolute Gasteiger partial charge is 0.410 e. The Morgan fingerprint density at radius 1 is 0.700 bits per heavy atom. The molecule has 2 aromatic carbocycles. The van der Waals surface area contributed by atoms with Gasteiger partial charge in [0.15, 0.2) is 17.0 Å². The second-order valence-electron chi connectivity index (χ2n) is 38.5. The number of hydrogen-bond donors (Lipinski definition) is 5. The van der Waals surface area contributed by atoms with E-state index >= 15 is 4.79 Å². The predicted molar refractivity (Wildman–Crippen MR) is 521 cm³/mol. The van der Waals surface area contributed by atoms with Crippen molar-refractivity contribution < 1.29 is 95.6 Å². The Morgan fingerprint density at radius 3 is 2.18 bits per heavy atom. The number of nitrogens with one attached hydrogen (secondary N) is 1. The number of nitrogen functional groups attached to an aromatic ring is 2. The van der Waals surface area contributed by atoms with Crippen LogP contribution in [0.25, 0.3) is 33.4 Å². The van der Waals surface area contributed by atoms with Crippen LogP contribution in [0.1, 0.15) is 171 Å². The average Bonchev–Trinajstić information content (AvgIpc) is 1.63. The first kappa shape index (κ1) is 104. The lowest BCUT2D eigenvalue weighted by Gasteiger charge is -2.43. The summed E-state index contributed by atoms with van der Waals surface area (Å²) in [5.41, 5.74) is 20.8. The first-order valence-corrected chi connectivity index (χ1v) is 49.3. The van der Waals surface area contributed by atoms with Crippen LogP contribution in [-0.2, 0) is 97.3 Å². The van der Waals surface area contributed by atoms with Gasteiger partial charge in [-0.1, -0.05) is 89.3 Å². The van der Waals surface area contributed by atoms with E-state index in [0.717, 1.165) is 46.5 Å². The molecule has 5 fully saturated rings. The number of esters is 2. The number of cyclic esters (lactones) is 1. The largest absolute Gasteiger partial charge is 0.460 e. The minimum Gasteiger partial charge on any atom is -0.460 e. The van der Waals surface area contributed by atoms with E-state index in [0.29, 0.717) is 207 Å². The van der Waals surface area contributed by atoms with Gasteiger partial charge in [0.1, 0.15) is 60.4 Å². The van der Waals surface area contributed by atoms with Crippen molar-refractivity contribution in [2.24, 2.45) is 35.5 Å². The van der Waals surface area contributed by atoms with E-state index in [-0.39, 0.29) is 98.3 Å². The van der Waals surface area contributed by atoms with Gasteiger partial charge in [0.2, 0.25) is 23.6 Å². The molecule has 11 heterocycles. The van der Waals surface area contributed by atoms with E-state index < -0.39 is 102 Å². The fourth-order valence-electron chi connectivity index (χ4n) is 20.3. The number of carbonyl (C=O) groups excluding carboxylic acids is 8. The number of carbonyl (C=O) groups is 8. The second-order valence-corrected chi connectivity index (χ2v) is 38.5. The number of rotatable bonds is 26. The van der Waals surface area contributed by atoms with Crippen LogP contribution in [0.3, 0.4) is 0 Å². The van der Waals surface area contributed by atoms with Crippen LogP contribution in [0.5, 0.6) is 0 Å².